The van der Waals surface area contributed by atoms with E-state index in [2.05, 4.69) is 20.7 Å². The molecule has 0 fully saturated rings. The monoisotopic (exact) mass is 165 g/mol. The summed E-state index contributed by atoms with van der Waals surface area (Å²) in [5, 5.41) is 9.94. The normalized spacial score (nSPS) is 8.45. The van der Waals surface area contributed by atoms with Crippen molar-refractivity contribution >= 4 is 5.91 Å². The maximum atomic E-state index is 10.7. The molecule has 0 spiro atoms. The number of H-pyrrole nitrogens is 2. The third-order valence-corrected chi connectivity index (χ3v) is 0.994. The number of aromatic amines is 2. The Labute approximate surface area is 84.0 Å². The Kier molecular flexibility index (Phi) is 4.09. The van der Waals surface area contributed by atoms with Gasteiger partial charge in [-0.1, -0.05) is 0 Å². The molecule has 0 saturated heterocycles. The minimum Gasteiger partial charge on any atom is -0.354 e. The molecule has 7 heteroatoms. The van der Waals surface area contributed by atoms with Crippen LogP contribution in [-0.4, -0.2) is 28.4 Å². The molecular weight excluding hydrogens is 159 g/mol. The van der Waals surface area contributed by atoms with Crippen molar-refractivity contribution in [3.8, 4) is 0 Å². The SMILES string of the molecule is CNC(=O)c1n[nH][nH]c1=O.[Na+]. The van der Waals surface area contributed by atoms with Crippen molar-refractivity contribution in [1.82, 2.24) is 20.7 Å². The van der Waals surface area contributed by atoms with E-state index in [1.54, 1.807) is 0 Å². The molecule has 54 valence electrons. The summed E-state index contributed by atoms with van der Waals surface area (Å²) < 4.78 is 0. The van der Waals surface area contributed by atoms with Crippen LogP contribution < -0.4 is 40.4 Å². The van der Waals surface area contributed by atoms with Crippen molar-refractivity contribution in [2.75, 3.05) is 7.05 Å². The molecule has 1 aromatic rings. The number of nitrogens with zero attached hydrogens (tertiary/aromatic N) is 1. The van der Waals surface area contributed by atoms with Gasteiger partial charge in [0, 0.05) is 7.05 Å². The molecule has 3 N–H and O–H groups in total. The van der Waals surface area contributed by atoms with Crippen molar-refractivity contribution in [2.45, 2.75) is 0 Å². The van der Waals surface area contributed by atoms with Crippen molar-refractivity contribution in [2.24, 2.45) is 0 Å². The quantitative estimate of drug-likeness (QED) is 0.366. The van der Waals surface area contributed by atoms with Crippen molar-refractivity contribution in [3.63, 3.8) is 0 Å². The number of rotatable bonds is 1. The van der Waals surface area contributed by atoms with E-state index >= 15 is 0 Å². The predicted octanol–water partition coefficient (Wildman–Crippen LogP) is -4.54. The summed E-state index contributed by atoms with van der Waals surface area (Å²) >= 11 is 0. The zero-order chi connectivity index (χ0) is 7.56. The first-order chi connectivity index (χ1) is 4.75. The number of aromatic nitrogens is 3. The first-order valence-electron chi connectivity index (χ1n) is 2.61. The first-order valence-corrected chi connectivity index (χ1v) is 2.61. The van der Waals surface area contributed by atoms with Crippen LogP contribution in [0.25, 0.3) is 0 Å². The summed E-state index contributed by atoms with van der Waals surface area (Å²) in [6.07, 6.45) is 0. The molecule has 0 radical (unpaired) electrons. The topological polar surface area (TPSA) is 90.6 Å². The van der Waals surface area contributed by atoms with Crippen LogP contribution in [0.15, 0.2) is 4.79 Å². The van der Waals surface area contributed by atoms with Crippen LogP contribution in [0.1, 0.15) is 10.5 Å². The number of nitrogens with one attached hydrogen (secondary N) is 3. The van der Waals surface area contributed by atoms with Gasteiger partial charge in [-0.15, -0.1) is 5.10 Å². The maximum absolute atomic E-state index is 10.7. The van der Waals surface area contributed by atoms with Gasteiger partial charge in [0.15, 0.2) is 0 Å². The number of carbonyl (C=O) groups excluding carboxylic acids is 1. The second-order valence-corrected chi connectivity index (χ2v) is 1.61. The van der Waals surface area contributed by atoms with Gasteiger partial charge in [-0.2, -0.15) is 0 Å². The first kappa shape index (κ1) is 10.4. The minimum absolute atomic E-state index is 0. The molecule has 0 aliphatic carbocycles. The summed E-state index contributed by atoms with van der Waals surface area (Å²) in [5.41, 5.74) is -0.665. The fourth-order valence-corrected chi connectivity index (χ4v) is 0.517. The second-order valence-electron chi connectivity index (χ2n) is 1.61. The van der Waals surface area contributed by atoms with Crippen LogP contribution in [0.3, 0.4) is 0 Å². The smallest absolute Gasteiger partial charge is 0.354 e. The predicted molar refractivity (Wildman–Crippen MR) is 32.6 cm³/mol. The number of amides is 1. The van der Waals surface area contributed by atoms with Crippen molar-refractivity contribution in [3.05, 3.63) is 16.0 Å². The Morgan fingerprint density at radius 3 is 2.64 bits per heavy atom. The molecule has 1 rings (SSSR count). The fraction of sp³-hybridized carbons (Fsp3) is 0.250. The Morgan fingerprint density at radius 1 is 1.64 bits per heavy atom. The molecule has 0 bridgehead atoms. The van der Waals surface area contributed by atoms with Crippen LogP contribution in [0.4, 0.5) is 0 Å². The van der Waals surface area contributed by atoms with Gasteiger partial charge in [-0.3, -0.25) is 9.59 Å². The van der Waals surface area contributed by atoms with E-state index in [-0.39, 0.29) is 35.3 Å². The fourth-order valence-electron chi connectivity index (χ4n) is 0.517. The Morgan fingerprint density at radius 2 is 2.27 bits per heavy atom. The molecule has 0 aliphatic rings. The van der Waals surface area contributed by atoms with Gasteiger partial charge in [0.25, 0.3) is 11.5 Å². The third-order valence-electron chi connectivity index (χ3n) is 0.994. The minimum atomic E-state index is -0.514. The molecule has 6 nitrogen and oxygen atoms in total. The largest absolute Gasteiger partial charge is 1.00 e. The Hall–Kier alpha value is -0.590. The second kappa shape index (κ2) is 4.32. The van der Waals surface area contributed by atoms with Gasteiger partial charge < -0.3 is 5.32 Å². The molecule has 0 aliphatic heterocycles. The average Bonchev–Trinajstić information content (AvgIpc) is 2.34. The molecule has 0 atom stereocenters. The standard InChI is InChI=1S/C4H6N4O2.Na/c1-5-3(9)2-4(10)7-8-6-2;/h1H3,(H,5,9)(H2,6,7,8,10);/q;+1. The summed E-state index contributed by atoms with van der Waals surface area (Å²) in [6.45, 7) is 0. The van der Waals surface area contributed by atoms with Crippen molar-refractivity contribution in [1.29, 1.82) is 0 Å². The molecule has 1 heterocycles. The van der Waals surface area contributed by atoms with Gasteiger partial charge in [0.1, 0.15) is 0 Å². The van der Waals surface area contributed by atoms with E-state index in [0.717, 1.165) is 0 Å². The van der Waals surface area contributed by atoms with E-state index in [9.17, 15) is 9.59 Å². The number of hydrogen-bond acceptors (Lipinski definition) is 3. The third kappa shape index (κ3) is 2.18. The average molecular weight is 165 g/mol. The summed E-state index contributed by atoms with van der Waals surface area (Å²) in [5.74, 6) is -0.498. The number of carbonyl (C=O) groups is 1. The zero-order valence-electron chi connectivity index (χ0n) is 6.26. The summed E-state index contributed by atoms with van der Waals surface area (Å²) in [4.78, 5) is 21.3. The molecule has 1 amide bonds. The molecule has 0 aromatic carbocycles. The zero-order valence-corrected chi connectivity index (χ0v) is 8.26. The maximum Gasteiger partial charge on any atom is 1.00 e. The molecule has 11 heavy (non-hydrogen) atoms. The van der Waals surface area contributed by atoms with Crippen LogP contribution in [0.5, 0.6) is 0 Å². The van der Waals surface area contributed by atoms with Crippen molar-refractivity contribution < 1.29 is 34.4 Å². The van der Waals surface area contributed by atoms with Crippen LogP contribution in [0.2, 0.25) is 0 Å². The van der Waals surface area contributed by atoms with E-state index in [4.69, 9.17) is 0 Å². The van der Waals surface area contributed by atoms with Crippen LogP contribution >= 0.6 is 0 Å². The van der Waals surface area contributed by atoms with E-state index in [1.165, 1.54) is 7.05 Å². The van der Waals surface area contributed by atoms with Gasteiger partial charge in [-0.25, -0.2) is 10.3 Å². The Balaban J connectivity index is 0.000001000. The van der Waals surface area contributed by atoms with E-state index in [1.807, 2.05) is 0 Å². The van der Waals surface area contributed by atoms with Crippen LogP contribution in [0, 0.1) is 0 Å². The molecule has 0 saturated carbocycles. The summed E-state index contributed by atoms with van der Waals surface area (Å²) in [7, 11) is 1.43. The van der Waals surface area contributed by atoms with Gasteiger partial charge in [0.2, 0.25) is 5.69 Å². The molecular formula is C4H6N4NaO2+. The van der Waals surface area contributed by atoms with Crippen LogP contribution in [-0.2, 0) is 0 Å². The number of hydrogen-bond donors (Lipinski definition) is 3. The van der Waals surface area contributed by atoms with E-state index < -0.39 is 11.5 Å². The summed E-state index contributed by atoms with van der Waals surface area (Å²) in [6, 6.07) is 0. The molecule has 0 unspecified atom stereocenters. The Bertz CT molecular complexity index is 290. The van der Waals surface area contributed by atoms with Gasteiger partial charge >= 0.3 is 29.6 Å². The van der Waals surface area contributed by atoms with E-state index in [0.29, 0.717) is 0 Å². The van der Waals surface area contributed by atoms with Gasteiger partial charge in [-0.05, 0) is 0 Å². The molecule has 1 aromatic heterocycles. The van der Waals surface area contributed by atoms with Gasteiger partial charge in [0.05, 0.1) is 0 Å².